The van der Waals surface area contributed by atoms with Crippen molar-refractivity contribution in [3.8, 4) is 0 Å². The van der Waals surface area contributed by atoms with Gasteiger partial charge in [-0.1, -0.05) is 13.8 Å². The molecule has 2 aliphatic heterocycles. The van der Waals surface area contributed by atoms with E-state index in [1.54, 1.807) is 19.1 Å². The molecule has 8 heteroatoms. The minimum atomic E-state index is -0.918. The van der Waals surface area contributed by atoms with E-state index in [9.17, 15) is 24.8 Å². The highest BCUT2D eigenvalue weighted by Gasteiger charge is 2.37. The van der Waals surface area contributed by atoms with Crippen molar-refractivity contribution in [2.45, 2.75) is 26.7 Å². The number of anilines is 1. The van der Waals surface area contributed by atoms with Gasteiger partial charge >= 0.3 is 5.97 Å². The molecule has 0 aromatic heterocycles. The molecule has 8 nitrogen and oxygen atoms in total. The Bertz CT molecular complexity index is 758. The lowest BCUT2D eigenvalue weighted by Crippen LogP contribution is -2.33. The number of likely N-dealkylation sites (tertiary alicyclic amines) is 1. The molecular weight excluding hydrogens is 350 g/mol. The largest absolute Gasteiger partial charge is 0.481 e. The van der Waals surface area contributed by atoms with Crippen LogP contribution in [0.1, 0.15) is 37.0 Å². The van der Waals surface area contributed by atoms with Gasteiger partial charge in [0.25, 0.3) is 11.6 Å². The SMILES string of the molecule is CC1CCN(c2ccc(C(=O)N3C[C@@H](C)[C@H](C(=O)O)C3)cc2[N+](=O)[O-])CC1. The van der Waals surface area contributed by atoms with E-state index in [4.69, 9.17) is 0 Å². The van der Waals surface area contributed by atoms with Gasteiger partial charge in [-0.3, -0.25) is 19.7 Å². The molecule has 2 saturated heterocycles. The number of hydrogen-bond acceptors (Lipinski definition) is 5. The Kier molecular flexibility index (Phi) is 5.34. The highest BCUT2D eigenvalue weighted by molar-refractivity contribution is 5.96. The lowest BCUT2D eigenvalue weighted by molar-refractivity contribution is -0.384. The predicted molar refractivity (Wildman–Crippen MR) is 99.9 cm³/mol. The second-order valence-corrected chi connectivity index (χ2v) is 7.76. The van der Waals surface area contributed by atoms with Gasteiger partial charge in [-0.2, -0.15) is 0 Å². The smallest absolute Gasteiger partial charge is 0.308 e. The molecule has 1 aromatic rings. The van der Waals surface area contributed by atoms with Crippen LogP contribution in [0.2, 0.25) is 0 Å². The average molecular weight is 375 g/mol. The molecule has 2 fully saturated rings. The van der Waals surface area contributed by atoms with Crippen LogP contribution in [0.3, 0.4) is 0 Å². The minimum Gasteiger partial charge on any atom is -0.481 e. The zero-order chi connectivity index (χ0) is 19.7. The standard InChI is InChI=1S/C19H25N3O5/c1-12-5-7-20(8-6-12)16-4-3-14(9-17(16)22(26)27)18(23)21-10-13(2)15(11-21)19(24)25/h3-4,9,12-13,15H,5-8,10-11H2,1-2H3,(H,24,25)/t13-,15-/m1/s1. The molecule has 1 amide bonds. The quantitative estimate of drug-likeness (QED) is 0.641. The first-order valence-electron chi connectivity index (χ1n) is 9.33. The van der Waals surface area contributed by atoms with Crippen LogP contribution in [0.5, 0.6) is 0 Å². The van der Waals surface area contributed by atoms with Crippen molar-refractivity contribution in [1.29, 1.82) is 0 Å². The van der Waals surface area contributed by atoms with Gasteiger partial charge in [0.2, 0.25) is 0 Å². The maximum absolute atomic E-state index is 12.8. The summed E-state index contributed by atoms with van der Waals surface area (Å²) in [4.78, 5) is 38.7. The summed E-state index contributed by atoms with van der Waals surface area (Å²) < 4.78 is 0. The van der Waals surface area contributed by atoms with E-state index in [1.165, 1.54) is 11.0 Å². The van der Waals surface area contributed by atoms with E-state index in [0.717, 1.165) is 25.9 Å². The normalized spacial score (nSPS) is 23.5. The fraction of sp³-hybridized carbons (Fsp3) is 0.579. The Morgan fingerprint density at radius 3 is 2.41 bits per heavy atom. The van der Waals surface area contributed by atoms with E-state index in [-0.39, 0.29) is 29.6 Å². The van der Waals surface area contributed by atoms with Crippen LogP contribution < -0.4 is 4.90 Å². The molecule has 0 saturated carbocycles. The monoisotopic (exact) mass is 375 g/mol. The van der Waals surface area contributed by atoms with Crippen LogP contribution in [-0.4, -0.2) is 53.0 Å². The zero-order valence-electron chi connectivity index (χ0n) is 15.6. The van der Waals surface area contributed by atoms with Crippen molar-refractivity contribution in [2.75, 3.05) is 31.1 Å². The van der Waals surface area contributed by atoms with E-state index in [2.05, 4.69) is 6.92 Å². The number of nitro benzene ring substituents is 1. The topological polar surface area (TPSA) is 104 Å². The number of rotatable bonds is 4. The number of carboxylic acid groups (broad SMARTS) is 1. The van der Waals surface area contributed by atoms with E-state index in [0.29, 0.717) is 18.2 Å². The Balaban J connectivity index is 1.83. The number of nitro groups is 1. The fourth-order valence-corrected chi connectivity index (χ4v) is 3.96. The van der Waals surface area contributed by atoms with E-state index < -0.39 is 16.8 Å². The maximum Gasteiger partial charge on any atom is 0.308 e. The van der Waals surface area contributed by atoms with Crippen LogP contribution in [0, 0.1) is 27.9 Å². The van der Waals surface area contributed by atoms with Crippen molar-refractivity contribution < 1.29 is 19.6 Å². The van der Waals surface area contributed by atoms with Crippen LogP contribution in [-0.2, 0) is 4.79 Å². The Morgan fingerprint density at radius 1 is 1.19 bits per heavy atom. The molecule has 1 aromatic carbocycles. The first kappa shape index (κ1) is 19.1. The predicted octanol–water partition coefficient (Wildman–Crippen LogP) is 2.62. The fourth-order valence-electron chi connectivity index (χ4n) is 3.96. The summed E-state index contributed by atoms with van der Waals surface area (Å²) in [6, 6.07) is 4.59. The van der Waals surface area contributed by atoms with Crippen LogP contribution in [0.15, 0.2) is 18.2 Å². The van der Waals surface area contributed by atoms with Crippen molar-refractivity contribution in [1.82, 2.24) is 4.90 Å². The van der Waals surface area contributed by atoms with Gasteiger partial charge in [-0.05, 0) is 36.8 Å². The van der Waals surface area contributed by atoms with Gasteiger partial charge in [-0.15, -0.1) is 0 Å². The minimum absolute atomic E-state index is 0.0718. The number of benzene rings is 1. The summed E-state index contributed by atoms with van der Waals surface area (Å²) >= 11 is 0. The number of amides is 1. The van der Waals surface area contributed by atoms with Crippen molar-refractivity contribution in [3.63, 3.8) is 0 Å². The lowest BCUT2D eigenvalue weighted by Gasteiger charge is -2.31. The van der Waals surface area contributed by atoms with Gasteiger partial charge in [0.05, 0.1) is 10.8 Å². The average Bonchev–Trinajstić information content (AvgIpc) is 3.03. The summed E-state index contributed by atoms with van der Waals surface area (Å²) in [5.41, 5.74) is 0.702. The second kappa shape index (κ2) is 7.54. The molecule has 0 unspecified atom stereocenters. The number of carbonyl (C=O) groups excluding carboxylic acids is 1. The second-order valence-electron chi connectivity index (χ2n) is 7.76. The first-order valence-corrected chi connectivity index (χ1v) is 9.33. The summed E-state index contributed by atoms with van der Waals surface area (Å²) in [6.07, 6.45) is 1.97. The van der Waals surface area contributed by atoms with Gasteiger partial charge in [0.1, 0.15) is 5.69 Å². The molecular formula is C19H25N3O5. The van der Waals surface area contributed by atoms with E-state index in [1.807, 2.05) is 4.90 Å². The van der Waals surface area contributed by atoms with Crippen molar-refractivity contribution in [2.24, 2.45) is 17.8 Å². The highest BCUT2D eigenvalue weighted by Crippen LogP contribution is 2.33. The summed E-state index contributed by atoms with van der Waals surface area (Å²) in [5, 5.41) is 20.8. The van der Waals surface area contributed by atoms with Crippen LogP contribution in [0.25, 0.3) is 0 Å². The zero-order valence-corrected chi connectivity index (χ0v) is 15.6. The molecule has 0 bridgehead atoms. The third-order valence-electron chi connectivity index (χ3n) is 5.76. The molecule has 2 aliphatic rings. The Labute approximate surface area is 157 Å². The van der Waals surface area contributed by atoms with Crippen LogP contribution in [0.4, 0.5) is 11.4 Å². The number of piperidine rings is 1. The van der Waals surface area contributed by atoms with Gasteiger partial charge in [0.15, 0.2) is 0 Å². The summed E-state index contributed by atoms with van der Waals surface area (Å²) in [5.74, 6) is -1.40. The summed E-state index contributed by atoms with van der Waals surface area (Å²) in [7, 11) is 0. The molecule has 0 spiro atoms. The Hall–Kier alpha value is -2.64. The molecule has 146 valence electrons. The number of hydrogen-bond donors (Lipinski definition) is 1. The first-order chi connectivity index (χ1) is 12.8. The molecule has 2 heterocycles. The molecule has 0 aliphatic carbocycles. The van der Waals surface area contributed by atoms with Gasteiger partial charge in [0, 0.05) is 37.8 Å². The lowest BCUT2D eigenvalue weighted by atomic mass is 9.98. The third-order valence-corrected chi connectivity index (χ3v) is 5.76. The number of carbonyl (C=O) groups is 2. The Morgan fingerprint density at radius 2 is 1.85 bits per heavy atom. The molecule has 1 N–H and O–H groups in total. The van der Waals surface area contributed by atoms with E-state index >= 15 is 0 Å². The highest BCUT2D eigenvalue weighted by atomic mass is 16.6. The van der Waals surface area contributed by atoms with Crippen molar-refractivity contribution in [3.05, 3.63) is 33.9 Å². The molecule has 0 radical (unpaired) electrons. The molecule has 27 heavy (non-hydrogen) atoms. The number of nitrogens with zero attached hydrogens (tertiary/aromatic N) is 3. The van der Waals surface area contributed by atoms with Gasteiger partial charge in [-0.25, -0.2) is 0 Å². The van der Waals surface area contributed by atoms with Gasteiger partial charge < -0.3 is 14.9 Å². The summed E-state index contributed by atoms with van der Waals surface area (Å²) in [6.45, 7) is 5.98. The van der Waals surface area contributed by atoms with Crippen molar-refractivity contribution >= 4 is 23.3 Å². The van der Waals surface area contributed by atoms with Crippen LogP contribution >= 0.6 is 0 Å². The third kappa shape index (κ3) is 3.89. The number of aliphatic carboxylic acids is 1. The molecule has 2 atom stereocenters. The molecule has 3 rings (SSSR count). The maximum atomic E-state index is 12.8. The number of carboxylic acids is 1.